The second-order valence-electron chi connectivity index (χ2n) is 8.06. The van der Waals surface area contributed by atoms with E-state index >= 15 is 0 Å². The Bertz CT molecular complexity index is 1310. The smallest absolute Gasteiger partial charge is 0.281 e. The number of anilines is 1. The van der Waals surface area contributed by atoms with Crippen molar-refractivity contribution in [2.75, 3.05) is 18.0 Å². The molecule has 152 valence electrons. The van der Waals surface area contributed by atoms with Gasteiger partial charge in [-0.05, 0) is 36.5 Å². The monoisotopic (exact) mass is 405 g/mol. The number of aromatic nitrogens is 8. The number of aryl methyl sites for hydroxylation is 2. The molecule has 1 saturated carbocycles. The van der Waals surface area contributed by atoms with Gasteiger partial charge in [-0.15, -0.1) is 5.10 Å². The maximum Gasteiger partial charge on any atom is 0.281 e. The van der Waals surface area contributed by atoms with Gasteiger partial charge in [-0.3, -0.25) is 9.36 Å². The zero-order chi connectivity index (χ0) is 20.4. The topological polar surface area (TPSA) is 121 Å². The van der Waals surface area contributed by atoms with Crippen LogP contribution in [0.1, 0.15) is 23.2 Å². The van der Waals surface area contributed by atoms with Gasteiger partial charge in [-0.1, -0.05) is 10.4 Å². The highest BCUT2D eigenvalue weighted by Gasteiger charge is 2.58. The van der Waals surface area contributed by atoms with E-state index in [0.29, 0.717) is 34.8 Å². The molecule has 0 aromatic carbocycles. The third-order valence-corrected chi connectivity index (χ3v) is 6.10. The SMILES string of the molecule is Cc1ccnc(N2CC3C(C2)C3c2noc(Cn3cnc4nnn(C)c4c3=O)n2)c1. The van der Waals surface area contributed by atoms with Crippen molar-refractivity contribution < 1.29 is 4.52 Å². The molecule has 0 N–H and O–H groups in total. The molecule has 30 heavy (non-hydrogen) atoms. The van der Waals surface area contributed by atoms with Crippen LogP contribution in [-0.2, 0) is 13.6 Å². The van der Waals surface area contributed by atoms with Crippen molar-refractivity contribution in [1.82, 2.24) is 39.7 Å². The summed E-state index contributed by atoms with van der Waals surface area (Å²) in [5.41, 5.74) is 1.64. The molecule has 4 aromatic heterocycles. The Morgan fingerprint density at radius 3 is 2.87 bits per heavy atom. The van der Waals surface area contributed by atoms with Crippen LogP contribution in [0.25, 0.3) is 11.2 Å². The molecule has 4 aromatic rings. The first-order valence-electron chi connectivity index (χ1n) is 9.83. The molecule has 0 bridgehead atoms. The predicted octanol–water partition coefficient (Wildman–Crippen LogP) is 0.510. The lowest BCUT2D eigenvalue weighted by atomic mass is 10.2. The van der Waals surface area contributed by atoms with Crippen molar-refractivity contribution in [3.05, 3.63) is 52.3 Å². The van der Waals surface area contributed by atoms with Crippen LogP contribution in [0.4, 0.5) is 5.82 Å². The molecule has 2 fully saturated rings. The van der Waals surface area contributed by atoms with Crippen molar-refractivity contribution in [3.63, 3.8) is 0 Å². The molecule has 6 rings (SSSR count). The zero-order valence-electron chi connectivity index (χ0n) is 16.5. The molecule has 2 aliphatic rings. The summed E-state index contributed by atoms with van der Waals surface area (Å²) in [6.07, 6.45) is 3.29. The van der Waals surface area contributed by atoms with E-state index in [4.69, 9.17) is 4.52 Å². The van der Waals surface area contributed by atoms with E-state index in [9.17, 15) is 4.79 Å². The number of fused-ring (bicyclic) bond motifs is 2. The zero-order valence-corrected chi connectivity index (χ0v) is 16.5. The van der Waals surface area contributed by atoms with Gasteiger partial charge in [-0.25, -0.2) is 14.6 Å². The quantitative estimate of drug-likeness (QED) is 0.478. The van der Waals surface area contributed by atoms with Gasteiger partial charge in [0.2, 0.25) is 11.5 Å². The van der Waals surface area contributed by atoms with Crippen molar-refractivity contribution in [1.29, 1.82) is 0 Å². The number of hydrogen-bond acceptors (Lipinski definition) is 9. The van der Waals surface area contributed by atoms with Crippen molar-refractivity contribution in [2.45, 2.75) is 19.4 Å². The Morgan fingerprint density at radius 2 is 2.07 bits per heavy atom. The van der Waals surface area contributed by atoms with E-state index in [2.05, 4.69) is 48.3 Å². The molecule has 11 heteroatoms. The third-order valence-electron chi connectivity index (χ3n) is 6.10. The van der Waals surface area contributed by atoms with Gasteiger partial charge >= 0.3 is 0 Å². The van der Waals surface area contributed by atoms with E-state index in [-0.39, 0.29) is 12.1 Å². The summed E-state index contributed by atoms with van der Waals surface area (Å²) < 4.78 is 8.28. The number of nitrogens with zero attached hydrogens (tertiary/aromatic N) is 9. The van der Waals surface area contributed by atoms with Crippen LogP contribution in [0.3, 0.4) is 0 Å². The van der Waals surface area contributed by atoms with Gasteiger partial charge in [0.05, 0.1) is 0 Å². The van der Waals surface area contributed by atoms with Gasteiger partial charge in [0.15, 0.2) is 11.3 Å². The van der Waals surface area contributed by atoms with E-state index in [1.165, 1.54) is 21.1 Å². The van der Waals surface area contributed by atoms with Crippen LogP contribution in [0, 0.1) is 18.8 Å². The van der Waals surface area contributed by atoms with Crippen molar-refractivity contribution in [3.8, 4) is 0 Å². The van der Waals surface area contributed by atoms with E-state index < -0.39 is 0 Å². The van der Waals surface area contributed by atoms with Gasteiger partial charge < -0.3 is 9.42 Å². The van der Waals surface area contributed by atoms with Crippen molar-refractivity contribution in [2.24, 2.45) is 18.9 Å². The minimum Gasteiger partial charge on any atom is -0.356 e. The standard InChI is InChI=1S/C19H19N9O2/c1-10-3-4-20-13(5-10)27-6-11-12(7-27)15(11)17-22-14(30-24-17)8-28-9-21-18-16(19(28)29)26(2)25-23-18/h3-5,9,11-12,15H,6-8H2,1-2H3. The molecule has 2 atom stereocenters. The number of pyridine rings is 1. The normalized spacial score (nSPS) is 22.6. The second-order valence-corrected chi connectivity index (χ2v) is 8.06. The molecule has 1 aliphatic carbocycles. The fourth-order valence-electron chi connectivity index (χ4n) is 4.50. The molecular formula is C19H19N9O2. The van der Waals surface area contributed by atoms with Crippen molar-refractivity contribution >= 4 is 17.0 Å². The minimum atomic E-state index is -0.239. The summed E-state index contributed by atoms with van der Waals surface area (Å²) >= 11 is 0. The van der Waals surface area contributed by atoms with Crippen LogP contribution >= 0.6 is 0 Å². The Kier molecular flexibility index (Phi) is 3.55. The Hall–Kier alpha value is -3.63. The van der Waals surface area contributed by atoms with Crippen LogP contribution in [-0.4, -0.2) is 52.8 Å². The van der Waals surface area contributed by atoms with E-state index in [0.717, 1.165) is 24.7 Å². The largest absolute Gasteiger partial charge is 0.356 e. The van der Waals surface area contributed by atoms with Crippen LogP contribution in [0.5, 0.6) is 0 Å². The first-order chi connectivity index (χ1) is 14.6. The highest BCUT2D eigenvalue weighted by molar-refractivity contribution is 5.67. The average molecular weight is 405 g/mol. The number of rotatable bonds is 4. The molecule has 2 unspecified atom stereocenters. The Morgan fingerprint density at radius 1 is 1.23 bits per heavy atom. The molecule has 5 heterocycles. The van der Waals surface area contributed by atoms with Gasteiger partial charge in [0.1, 0.15) is 18.7 Å². The van der Waals surface area contributed by atoms with Crippen LogP contribution in [0.2, 0.25) is 0 Å². The summed E-state index contributed by atoms with van der Waals surface area (Å²) in [5.74, 6) is 3.48. The maximum atomic E-state index is 12.6. The molecule has 1 aliphatic heterocycles. The maximum absolute atomic E-state index is 12.6. The fourth-order valence-corrected chi connectivity index (χ4v) is 4.50. The summed E-state index contributed by atoms with van der Waals surface area (Å²) in [4.78, 5) is 28.2. The van der Waals surface area contributed by atoms with Gasteiger partial charge in [-0.2, -0.15) is 4.98 Å². The lowest BCUT2D eigenvalue weighted by molar-refractivity contribution is 0.363. The van der Waals surface area contributed by atoms with Crippen LogP contribution < -0.4 is 10.5 Å². The summed E-state index contributed by atoms with van der Waals surface area (Å²) in [7, 11) is 1.66. The third kappa shape index (κ3) is 2.61. The van der Waals surface area contributed by atoms with Gasteiger partial charge in [0, 0.05) is 32.3 Å². The lowest BCUT2D eigenvalue weighted by Crippen LogP contribution is -2.24. The Balaban J connectivity index is 1.17. The van der Waals surface area contributed by atoms with Crippen LogP contribution in [0.15, 0.2) is 34.0 Å². The first kappa shape index (κ1) is 17.2. The average Bonchev–Trinajstić information content (AvgIpc) is 3.16. The number of hydrogen-bond donors (Lipinski definition) is 0. The summed E-state index contributed by atoms with van der Waals surface area (Å²) in [6, 6.07) is 4.12. The summed E-state index contributed by atoms with van der Waals surface area (Å²) in [5, 5.41) is 11.9. The molecule has 0 radical (unpaired) electrons. The van der Waals surface area contributed by atoms with E-state index in [1.807, 2.05) is 12.3 Å². The Labute approximate surface area is 170 Å². The molecule has 0 amide bonds. The van der Waals surface area contributed by atoms with Gasteiger partial charge in [0.25, 0.3) is 5.56 Å². The lowest BCUT2D eigenvalue weighted by Gasteiger charge is -2.20. The first-order valence-corrected chi connectivity index (χ1v) is 9.83. The highest BCUT2D eigenvalue weighted by Crippen LogP contribution is 2.57. The van der Waals surface area contributed by atoms with E-state index in [1.54, 1.807) is 7.05 Å². The summed E-state index contributed by atoms with van der Waals surface area (Å²) in [6.45, 7) is 4.14. The molecule has 1 saturated heterocycles. The fraction of sp³-hybridized carbons (Fsp3) is 0.421. The predicted molar refractivity (Wildman–Crippen MR) is 105 cm³/mol. The highest BCUT2D eigenvalue weighted by atomic mass is 16.5. The minimum absolute atomic E-state index is 0.168. The molecule has 11 nitrogen and oxygen atoms in total. The second kappa shape index (κ2) is 6.18. The molecule has 0 spiro atoms. The number of piperidine rings is 1. The molecular weight excluding hydrogens is 386 g/mol.